The van der Waals surface area contributed by atoms with Crippen molar-refractivity contribution in [3.63, 3.8) is 0 Å². The van der Waals surface area contributed by atoms with Gasteiger partial charge in [0, 0.05) is 24.0 Å². The highest BCUT2D eigenvalue weighted by Gasteiger charge is 2.29. The van der Waals surface area contributed by atoms with Crippen molar-refractivity contribution in [1.29, 1.82) is 0 Å². The van der Waals surface area contributed by atoms with Crippen molar-refractivity contribution >= 4 is 29.1 Å². The lowest BCUT2D eigenvalue weighted by molar-refractivity contribution is 0.0706. The minimum Gasteiger partial charge on any atom is -0.472 e. The second-order valence-electron chi connectivity index (χ2n) is 6.15. The third kappa shape index (κ3) is 3.34. The average molecular weight is 392 g/mol. The van der Waals surface area contributed by atoms with Gasteiger partial charge in [-0.25, -0.2) is 0 Å². The number of piperidine rings is 1. The van der Waals surface area contributed by atoms with Crippen LogP contribution in [-0.2, 0) is 0 Å². The van der Waals surface area contributed by atoms with Crippen LogP contribution in [0.2, 0.25) is 10.0 Å². The number of aromatic nitrogens is 2. The van der Waals surface area contributed by atoms with Gasteiger partial charge in [-0.3, -0.25) is 4.79 Å². The molecule has 0 aliphatic carbocycles. The first-order chi connectivity index (χ1) is 12.6. The SMILES string of the molecule is O=C(c1cc(Cl)ccc1Cl)N1CCC(c2nnc(-c3ccoc3)o2)CC1. The van der Waals surface area contributed by atoms with E-state index >= 15 is 0 Å². The molecule has 1 amide bonds. The minimum atomic E-state index is -0.111. The third-order valence-corrected chi connectivity index (χ3v) is 5.06. The van der Waals surface area contributed by atoms with E-state index in [9.17, 15) is 4.79 Å². The molecule has 6 nitrogen and oxygen atoms in total. The van der Waals surface area contributed by atoms with E-state index in [4.69, 9.17) is 32.0 Å². The molecule has 1 aliphatic heterocycles. The maximum Gasteiger partial charge on any atom is 0.255 e. The predicted molar refractivity (Wildman–Crippen MR) is 96.3 cm³/mol. The van der Waals surface area contributed by atoms with Gasteiger partial charge < -0.3 is 13.7 Å². The number of rotatable bonds is 3. The van der Waals surface area contributed by atoms with E-state index in [0.29, 0.717) is 40.5 Å². The molecule has 26 heavy (non-hydrogen) atoms. The average Bonchev–Trinajstić information content (AvgIpc) is 3.35. The summed E-state index contributed by atoms with van der Waals surface area (Å²) >= 11 is 12.1. The Kier molecular flexibility index (Phi) is 4.70. The molecule has 0 atom stereocenters. The van der Waals surface area contributed by atoms with Gasteiger partial charge in [-0.1, -0.05) is 23.2 Å². The molecule has 1 aromatic carbocycles. The van der Waals surface area contributed by atoms with E-state index in [2.05, 4.69) is 10.2 Å². The quantitative estimate of drug-likeness (QED) is 0.649. The Labute approximate surface area is 159 Å². The molecule has 0 spiro atoms. The Hall–Kier alpha value is -2.31. The molecule has 1 fully saturated rings. The maximum absolute atomic E-state index is 12.7. The summed E-state index contributed by atoms with van der Waals surface area (Å²) in [6, 6.07) is 6.68. The fourth-order valence-corrected chi connectivity index (χ4v) is 3.43. The van der Waals surface area contributed by atoms with Gasteiger partial charge in [0.25, 0.3) is 11.8 Å². The number of nitrogens with zero attached hydrogens (tertiary/aromatic N) is 3. The minimum absolute atomic E-state index is 0.111. The Morgan fingerprint density at radius 3 is 2.69 bits per heavy atom. The van der Waals surface area contributed by atoms with Crippen LogP contribution in [0.3, 0.4) is 0 Å². The topological polar surface area (TPSA) is 72.4 Å². The molecule has 2 aromatic heterocycles. The maximum atomic E-state index is 12.7. The van der Waals surface area contributed by atoms with Gasteiger partial charge in [0.05, 0.1) is 22.4 Å². The normalized spacial score (nSPS) is 15.4. The number of likely N-dealkylation sites (tertiary alicyclic amines) is 1. The molecule has 134 valence electrons. The largest absolute Gasteiger partial charge is 0.472 e. The first kappa shape index (κ1) is 17.1. The van der Waals surface area contributed by atoms with Gasteiger partial charge >= 0.3 is 0 Å². The fraction of sp³-hybridized carbons (Fsp3) is 0.278. The number of hydrogen-bond donors (Lipinski definition) is 0. The molecule has 1 saturated heterocycles. The summed E-state index contributed by atoms with van der Waals surface area (Å²) < 4.78 is 10.8. The van der Waals surface area contributed by atoms with E-state index in [-0.39, 0.29) is 11.8 Å². The number of hydrogen-bond acceptors (Lipinski definition) is 5. The Morgan fingerprint density at radius 2 is 1.96 bits per heavy atom. The van der Waals surface area contributed by atoms with Crippen molar-refractivity contribution in [2.24, 2.45) is 0 Å². The van der Waals surface area contributed by atoms with Crippen LogP contribution in [0.5, 0.6) is 0 Å². The van der Waals surface area contributed by atoms with Crippen molar-refractivity contribution in [2.45, 2.75) is 18.8 Å². The van der Waals surface area contributed by atoms with Crippen molar-refractivity contribution in [1.82, 2.24) is 15.1 Å². The number of carbonyl (C=O) groups excluding carboxylic acids is 1. The molecule has 0 unspecified atom stereocenters. The number of halogens is 2. The molecule has 3 heterocycles. The number of furan rings is 1. The molecule has 0 bridgehead atoms. The summed E-state index contributed by atoms with van der Waals surface area (Å²) in [4.78, 5) is 14.5. The molecule has 0 radical (unpaired) electrons. The number of benzene rings is 1. The molecule has 3 aromatic rings. The van der Waals surface area contributed by atoms with Crippen molar-refractivity contribution < 1.29 is 13.6 Å². The summed E-state index contributed by atoms with van der Waals surface area (Å²) in [6.07, 6.45) is 4.62. The molecule has 4 rings (SSSR count). The van der Waals surface area contributed by atoms with Crippen molar-refractivity contribution in [3.8, 4) is 11.5 Å². The van der Waals surface area contributed by atoms with Crippen LogP contribution in [-0.4, -0.2) is 34.1 Å². The Morgan fingerprint density at radius 1 is 1.15 bits per heavy atom. The van der Waals surface area contributed by atoms with Gasteiger partial charge in [-0.05, 0) is 37.1 Å². The molecular weight excluding hydrogens is 377 g/mol. The molecular formula is C18H15Cl2N3O3. The highest BCUT2D eigenvalue weighted by Crippen LogP contribution is 2.31. The van der Waals surface area contributed by atoms with Crippen LogP contribution >= 0.6 is 23.2 Å². The Bertz CT molecular complexity index is 916. The van der Waals surface area contributed by atoms with Gasteiger partial charge in [0.2, 0.25) is 5.89 Å². The van der Waals surface area contributed by atoms with E-state index in [1.54, 1.807) is 41.7 Å². The monoisotopic (exact) mass is 391 g/mol. The van der Waals surface area contributed by atoms with Crippen molar-refractivity contribution in [2.75, 3.05) is 13.1 Å². The lowest BCUT2D eigenvalue weighted by atomic mass is 9.96. The lowest BCUT2D eigenvalue weighted by Crippen LogP contribution is -2.38. The predicted octanol–water partition coefficient (Wildman–Crippen LogP) is 4.66. The number of carbonyl (C=O) groups is 1. The second-order valence-corrected chi connectivity index (χ2v) is 6.99. The van der Waals surface area contributed by atoms with Crippen LogP contribution in [0.4, 0.5) is 0 Å². The highest BCUT2D eigenvalue weighted by molar-refractivity contribution is 6.35. The lowest BCUT2D eigenvalue weighted by Gasteiger charge is -2.30. The molecule has 0 saturated carbocycles. The zero-order valence-electron chi connectivity index (χ0n) is 13.7. The highest BCUT2D eigenvalue weighted by atomic mass is 35.5. The van der Waals surface area contributed by atoms with Crippen LogP contribution in [0.15, 0.2) is 45.6 Å². The van der Waals surface area contributed by atoms with Crippen LogP contribution < -0.4 is 0 Å². The van der Waals surface area contributed by atoms with Gasteiger partial charge in [0.15, 0.2) is 0 Å². The van der Waals surface area contributed by atoms with E-state index in [0.717, 1.165) is 18.4 Å². The van der Waals surface area contributed by atoms with Crippen LogP contribution in [0, 0.1) is 0 Å². The van der Waals surface area contributed by atoms with Gasteiger partial charge in [-0.15, -0.1) is 10.2 Å². The first-order valence-electron chi connectivity index (χ1n) is 8.22. The van der Waals surface area contributed by atoms with E-state index < -0.39 is 0 Å². The van der Waals surface area contributed by atoms with Crippen LogP contribution in [0.25, 0.3) is 11.5 Å². The number of amides is 1. The van der Waals surface area contributed by atoms with E-state index in [1.807, 2.05) is 0 Å². The molecule has 0 N–H and O–H groups in total. The first-order valence-corrected chi connectivity index (χ1v) is 8.97. The zero-order chi connectivity index (χ0) is 18.1. The molecule has 8 heteroatoms. The van der Waals surface area contributed by atoms with Crippen LogP contribution in [0.1, 0.15) is 35.0 Å². The van der Waals surface area contributed by atoms with E-state index in [1.165, 1.54) is 0 Å². The summed E-state index contributed by atoms with van der Waals surface area (Å²) in [5.74, 6) is 1.05. The summed E-state index contributed by atoms with van der Waals surface area (Å²) in [5, 5.41) is 9.11. The van der Waals surface area contributed by atoms with Gasteiger partial charge in [-0.2, -0.15) is 0 Å². The fourth-order valence-electron chi connectivity index (χ4n) is 3.06. The van der Waals surface area contributed by atoms with Gasteiger partial charge in [0.1, 0.15) is 6.26 Å². The summed E-state index contributed by atoms with van der Waals surface area (Å²) in [6.45, 7) is 1.19. The Balaban J connectivity index is 1.43. The second kappa shape index (κ2) is 7.13. The summed E-state index contributed by atoms with van der Waals surface area (Å²) in [5.41, 5.74) is 1.18. The summed E-state index contributed by atoms with van der Waals surface area (Å²) in [7, 11) is 0. The molecule has 1 aliphatic rings. The smallest absolute Gasteiger partial charge is 0.255 e. The van der Waals surface area contributed by atoms with Crippen molar-refractivity contribution in [3.05, 3.63) is 58.3 Å². The zero-order valence-corrected chi connectivity index (χ0v) is 15.2. The standard InChI is InChI=1S/C18H15Cl2N3O3/c19-13-1-2-15(20)14(9-13)18(24)23-6-3-11(4-7-23)16-21-22-17(26-16)12-5-8-25-10-12/h1-2,5,8-11H,3-4,6-7H2. The third-order valence-electron chi connectivity index (χ3n) is 4.50.